The number of nitrogens with one attached hydrogen (secondary N) is 1. The lowest BCUT2D eigenvalue weighted by Gasteiger charge is -2.14. The Bertz CT molecular complexity index is 368. The van der Waals surface area contributed by atoms with Crippen LogP contribution in [0.25, 0.3) is 0 Å². The number of nitrogens with two attached hydrogens (primary N) is 1. The van der Waals surface area contributed by atoms with Gasteiger partial charge < -0.3 is 10.2 Å². The molecule has 2 unspecified atom stereocenters. The fourth-order valence-corrected chi connectivity index (χ4v) is 1.07. The molecular weight excluding hydrogens is 209 g/mol. The number of rotatable bonds is 4. The molecule has 15 heavy (non-hydrogen) atoms. The molecule has 0 aliphatic heterocycles. The van der Waals surface area contributed by atoms with Crippen molar-refractivity contribution in [3.05, 3.63) is 29.7 Å². The van der Waals surface area contributed by atoms with Gasteiger partial charge in [-0.1, -0.05) is 6.58 Å². The Hall–Kier alpha value is -1.12. The molecule has 0 amide bonds. The van der Waals surface area contributed by atoms with E-state index in [0.717, 1.165) is 16.6 Å². The Labute approximate surface area is 92.1 Å². The van der Waals surface area contributed by atoms with Crippen molar-refractivity contribution < 1.29 is 4.74 Å². The molecule has 0 fully saturated rings. The Morgan fingerprint density at radius 2 is 2.40 bits per heavy atom. The smallest absolute Gasteiger partial charge is 0.214 e. The molecule has 4 nitrogen and oxygen atoms in total. The molecule has 0 saturated carbocycles. The molecule has 3 N–H and O–H groups in total. The number of anilines is 1. The van der Waals surface area contributed by atoms with E-state index >= 15 is 0 Å². The monoisotopic (exact) mass is 225 g/mol. The molecule has 0 bridgehead atoms. The van der Waals surface area contributed by atoms with Gasteiger partial charge in [0.15, 0.2) is 0 Å². The molecule has 0 aliphatic carbocycles. The number of nitrogens with zero attached hydrogens (tertiary/aromatic N) is 1. The van der Waals surface area contributed by atoms with Crippen LogP contribution < -0.4 is 16.0 Å². The van der Waals surface area contributed by atoms with Gasteiger partial charge in [0.25, 0.3) is 0 Å². The Morgan fingerprint density at radius 1 is 1.73 bits per heavy atom. The quantitative estimate of drug-likeness (QED) is 0.466. The molecule has 2 atom stereocenters. The van der Waals surface area contributed by atoms with Crippen molar-refractivity contribution in [1.29, 1.82) is 0 Å². The minimum atomic E-state index is -0.0708. The topological polar surface area (TPSA) is 60.2 Å². The van der Waals surface area contributed by atoms with Gasteiger partial charge in [0.1, 0.15) is 6.10 Å². The van der Waals surface area contributed by atoms with E-state index in [1.807, 2.05) is 19.9 Å². The van der Waals surface area contributed by atoms with Crippen molar-refractivity contribution in [2.75, 3.05) is 5.43 Å². The average Bonchev–Trinajstić information content (AvgIpc) is 2.18. The van der Waals surface area contributed by atoms with E-state index in [9.17, 15) is 0 Å². The minimum Gasteiger partial charge on any atom is -0.470 e. The minimum absolute atomic E-state index is 0.0708. The van der Waals surface area contributed by atoms with Crippen molar-refractivity contribution in [1.82, 2.24) is 4.98 Å². The second kappa shape index (κ2) is 5.10. The highest BCUT2D eigenvalue weighted by Crippen LogP contribution is 2.20. The summed E-state index contributed by atoms with van der Waals surface area (Å²) in [7, 11) is 2.52. The van der Waals surface area contributed by atoms with Gasteiger partial charge in [0.05, 0.1) is 11.9 Å². The van der Waals surface area contributed by atoms with Gasteiger partial charge in [-0.15, -0.1) is 9.24 Å². The average molecular weight is 225 g/mol. The molecule has 5 heteroatoms. The summed E-state index contributed by atoms with van der Waals surface area (Å²) in [6, 6.07) is 1.83. The first-order chi connectivity index (χ1) is 7.04. The lowest BCUT2D eigenvalue weighted by Crippen LogP contribution is -2.13. The normalized spacial score (nSPS) is 12.0. The third-order valence-corrected chi connectivity index (χ3v) is 2.53. The van der Waals surface area contributed by atoms with E-state index in [4.69, 9.17) is 10.6 Å². The lowest BCUT2D eigenvalue weighted by atomic mass is 10.2. The Balaban J connectivity index is 2.79. The molecule has 1 heterocycles. The summed E-state index contributed by atoms with van der Waals surface area (Å²) >= 11 is 0. The molecule has 1 aromatic rings. The van der Waals surface area contributed by atoms with E-state index in [2.05, 4.69) is 26.2 Å². The maximum atomic E-state index is 5.56. The van der Waals surface area contributed by atoms with Crippen LogP contribution in [0.1, 0.15) is 12.5 Å². The second-order valence-electron chi connectivity index (χ2n) is 3.32. The molecule has 0 radical (unpaired) electrons. The first-order valence-electron chi connectivity index (χ1n) is 4.58. The molecule has 0 aromatic carbocycles. The number of aryl methyl sites for hydroxylation is 1. The van der Waals surface area contributed by atoms with Crippen molar-refractivity contribution in [3.8, 4) is 5.88 Å². The van der Waals surface area contributed by atoms with Crippen molar-refractivity contribution >= 4 is 14.9 Å². The maximum Gasteiger partial charge on any atom is 0.214 e. The molecule has 0 aliphatic rings. The van der Waals surface area contributed by atoms with E-state index < -0.39 is 0 Å². The highest BCUT2D eigenvalue weighted by atomic mass is 31.0. The molecule has 0 saturated heterocycles. The number of nitrogen functional groups attached to an aromatic ring is 1. The van der Waals surface area contributed by atoms with Gasteiger partial charge in [-0.25, -0.2) is 4.98 Å². The van der Waals surface area contributed by atoms with Gasteiger partial charge >= 0.3 is 0 Å². The number of ether oxygens (including phenoxy) is 1. The first-order valence-corrected chi connectivity index (χ1v) is 5.16. The van der Waals surface area contributed by atoms with Crippen LogP contribution in [-0.2, 0) is 0 Å². The van der Waals surface area contributed by atoms with Gasteiger partial charge in [-0.05, 0) is 24.7 Å². The number of hydrogen-bond donors (Lipinski definition) is 2. The van der Waals surface area contributed by atoms with E-state index in [-0.39, 0.29) is 6.10 Å². The SMILES string of the molecule is C=C(P)C(C)Oc1cc(C)c(NN)cn1. The van der Waals surface area contributed by atoms with Crippen LogP contribution >= 0.6 is 9.24 Å². The zero-order valence-electron chi connectivity index (χ0n) is 8.95. The third-order valence-electron chi connectivity index (χ3n) is 2.06. The molecule has 1 aromatic heterocycles. The van der Waals surface area contributed by atoms with Crippen LogP contribution in [0, 0.1) is 6.92 Å². The van der Waals surface area contributed by atoms with E-state index in [1.165, 1.54) is 0 Å². The highest BCUT2D eigenvalue weighted by molar-refractivity contribution is 7.22. The van der Waals surface area contributed by atoms with Gasteiger partial charge in [0, 0.05) is 6.07 Å². The van der Waals surface area contributed by atoms with Crippen molar-refractivity contribution in [3.63, 3.8) is 0 Å². The van der Waals surface area contributed by atoms with Crippen molar-refractivity contribution in [2.45, 2.75) is 20.0 Å². The van der Waals surface area contributed by atoms with E-state index in [0.29, 0.717) is 5.88 Å². The van der Waals surface area contributed by atoms with Gasteiger partial charge in [-0.2, -0.15) is 0 Å². The lowest BCUT2D eigenvalue weighted by molar-refractivity contribution is 0.256. The number of hydrogen-bond acceptors (Lipinski definition) is 4. The molecular formula is C10H16N3OP. The Morgan fingerprint density at radius 3 is 2.87 bits per heavy atom. The number of hydrazine groups is 1. The number of aromatic nitrogens is 1. The third kappa shape index (κ3) is 3.18. The highest BCUT2D eigenvalue weighted by Gasteiger charge is 2.06. The summed E-state index contributed by atoms with van der Waals surface area (Å²) in [5.74, 6) is 5.87. The molecule has 82 valence electrons. The zero-order valence-corrected chi connectivity index (χ0v) is 10.1. The fraction of sp³-hybridized carbons (Fsp3) is 0.300. The predicted molar refractivity (Wildman–Crippen MR) is 65.7 cm³/mol. The first kappa shape index (κ1) is 12.0. The van der Waals surface area contributed by atoms with Crippen LogP contribution in [0.5, 0.6) is 5.88 Å². The summed E-state index contributed by atoms with van der Waals surface area (Å²) in [6.07, 6.45) is 1.57. The largest absolute Gasteiger partial charge is 0.470 e. The summed E-state index contributed by atoms with van der Waals surface area (Å²) < 4.78 is 5.56. The summed E-state index contributed by atoms with van der Waals surface area (Å²) in [5, 5.41) is 0.885. The Kier molecular flexibility index (Phi) is 4.06. The summed E-state index contributed by atoms with van der Waals surface area (Å²) in [4.78, 5) is 4.12. The van der Waals surface area contributed by atoms with Gasteiger partial charge in [-0.3, -0.25) is 5.84 Å². The summed E-state index contributed by atoms with van der Waals surface area (Å²) in [6.45, 7) is 7.64. The summed E-state index contributed by atoms with van der Waals surface area (Å²) in [5.41, 5.74) is 4.34. The number of pyridine rings is 1. The van der Waals surface area contributed by atoms with Gasteiger partial charge in [0.2, 0.25) is 5.88 Å². The zero-order chi connectivity index (χ0) is 11.4. The fourth-order valence-electron chi connectivity index (χ4n) is 1.00. The van der Waals surface area contributed by atoms with E-state index in [1.54, 1.807) is 6.20 Å². The van der Waals surface area contributed by atoms with Crippen LogP contribution in [0.15, 0.2) is 24.2 Å². The van der Waals surface area contributed by atoms with Crippen LogP contribution in [0.2, 0.25) is 0 Å². The van der Waals surface area contributed by atoms with Crippen LogP contribution in [0.3, 0.4) is 0 Å². The van der Waals surface area contributed by atoms with Crippen LogP contribution in [-0.4, -0.2) is 11.1 Å². The van der Waals surface area contributed by atoms with Crippen LogP contribution in [0.4, 0.5) is 5.69 Å². The molecule has 0 spiro atoms. The van der Waals surface area contributed by atoms with Crippen molar-refractivity contribution in [2.24, 2.45) is 5.84 Å². The molecule has 1 rings (SSSR count). The standard InChI is InChI=1S/C10H16N3OP/c1-6-4-10(12-5-9(6)13-11)14-7(2)8(3)15/h4-5,7,13H,3,11,15H2,1-2H3. The predicted octanol–water partition coefficient (Wildman–Crippen LogP) is 1.83. The maximum absolute atomic E-state index is 5.56. The second-order valence-corrected chi connectivity index (χ2v) is 4.06.